The molecular weight excluding hydrogens is 308 g/mol. The van der Waals surface area contributed by atoms with Crippen LogP contribution < -0.4 is 10.1 Å². The first-order valence-corrected chi connectivity index (χ1v) is 8.95. The fourth-order valence-electron chi connectivity index (χ4n) is 2.91. The van der Waals surface area contributed by atoms with E-state index in [9.17, 15) is 4.79 Å². The lowest BCUT2D eigenvalue weighted by molar-refractivity contribution is 0.0954. The summed E-state index contributed by atoms with van der Waals surface area (Å²) in [5.74, 6) is 1.30. The lowest BCUT2D eigenvalue weighted by atomic mass is 9.90. The fourth-order valence-corrected chi connectivity index (χ4v) is 4.03. The van der Waals surface area contributed by atoms with E-state index in [0.29, 0.717) is 19.0 Å². The highest BCUT2D eigenvalue weighted by Crippen LogP contribution is 2.32. The van der Waals surface area contributed by atoms with Gasteiger partial charge in [-0.1, -0.05) is 13.0 Å². The average molecular weight is 330 g/mol. The van der Waals surface area contributed by atoms with Crippen molar-refractivity contribution in [1.29, 1.82) is 0 Å². The van der Waals surface area contributed by atoms with Crippen LogP contribution in [0.3, 0.4) is 0 Å². The molecular formula is C18H22N2O2S. The summed E-state index contributed by atoms with van der Waals surface area (Å²) in [5, 5.41) is 2.99. The minimum atomic E-state index is -0.0108. The topological polar surface area (TPSA) is 51.2 Å². The third-order valence-electron chi connectivity index (χ3n) is 4.12. The molecule has 122 valence electrons. The molecule has 1 aliphatic carbocycles. The molecule has 1 unspecified atom stereocenters. The van der Waals surface area contributed by atoms with Gasteiger partial charge in [-0.3, -0.25) is 4.79 Å². The smallest absolute Gasteiger partial charge is 0.261 e. The Labute approximate surface area is 140 Å². The van der Waals surface area contributed by atoms with Gasteiger partial charge >= 0.3 is 0 Å². The number of rotatable bonds is 5. The van der Waals surface area contributed by atoms with Crippen molar-refractivity contribution in [3.63, 3.8) is 0 Å². The number of nitrogens with one attached hydrogen (secondary N) is 1. The predicted octanol–water partition coefficient (Wildman–Crippen LogP) is 3.60. The van der Waals surface area contributed by atoms with E-state index >= 15 is 0 Å². The highest BCUT2D eigenvalue weighted by molar-refractivity contribution is 7.14. The number of aryl methyl sites for hydroxylation is 1. The summed E-state index contributed by atoms with van der Waals surface area (Å²) in [5.41, 5.74) is 2.26. The van der Waals surface area contributed by atoms with Gasteiger partial charge in [-0.25, -0.2) is 4.98 Å². The first-order valence-electron chi connectivity index (χ1n) is 8.13. The molecule has 1 aliphatic rings. The van der Waals surface area contributed by atoms with Crippen LogP contribution in [0.25, 0.3) is 0 Å². The molecule has 0 fully saturated rings. The number of nitrogens with zero attached hydrogens (tertiary/aromatic N) is 1. The molecule has 1 N–H and O–H groups in total. The molecule has 0 spiro atoms. The van der Waals surface area contributed by atoms with Crippen molar-refractivity contribution in [2.75, 3.05) is 6.61 Å². The molecule has 0 saturated heterocycles. The molecule has 3 rings (SSSR count). The minimum Gasteiger partial charge on any atom is -0.478 e. The molecule has 0 aromatic carbocycles. The van der Waals surface area contributed by atoms with Crippen LogP contribution in [-0.2, 0) is 19.4 Å². The van der Waals surface area contributed by atoms with Gasteiger partial charge in [-0.2, -0.15) is 0 Å². The summed E-state index contributed by atoms with van der Waals surface area (Å²) in [6, 6.07) is 5.85. The molecule has 5 heteroatoms. The monoisotopic (exact) mass is 330 g/mol. The highest BCUT2D eigenvalue weighted by Gasteiger charge is 2.20. The number of carbonyl (C=O) groups is 1. The summed E-state index contributed by atoms with van der Waals surface area (Å²) in [6.45, 7) is 5.20. The van der Waals surface area contributed by atoms with Gasteiger partial charge in [-0.15, -0.1) is 11.3 Å². The van der Waals surface area contributed by atoms with Crippen LogP contribution in [0.5, 0.6) is 5.88 Å². The maximum atomic E-state index is 12.4. The van der Waals surface area contributed by atoms with Crippen molar-refractivity contribution in [2.24, 2.45) is 5.92 Å². The second-order valence-corrected chi connectivity index (χ2v) is 7.13. The molecule has 0 saturated carbocycles. The lowest BCUT2D eigenvalue weighted by Gasteiger charge is -2.16. The van der Waals surface area contributed by atoms with Gasteiger partial charge in [0.05, 0.1) is 11.5 Å². The van der Waals surface area contributed by atoms with Crippen LogP contribution in [0.1, 0.15) is 45.9 Å². The van der Waals surface area contributed by atoms with Crippen LogP contribution in [0.2, 0.25) is 0 Å². The molecule has 23 heavy (non-hydrogen) atoms. The van der Waals surface area contributed by atoms with Crippen molar-refractivity contribution in [2.45, 2.75) is 39.7 Å². The van der Waals surface area contributed by atoms with E-state index in [2.05, 4.69) is 23.3 Å². The van der Waals surface area contributed by atoms with Crippen LogP contribution in [0.15, 0.2) is 24.4 Å². The Morgan fingerprint density at radius 1 is 1.52 bits per heavy atom. The van der Waals surface area contributed by atoms with Gasteiger partial charge in [-0.05, 0) is 49.8 Å². The minimum absolute atomic E-state index is 0.0108. The Hall–Kier alpha value is -1.88. The van der Waals surface area contributed by atoms with Crippen molar-refractivity contribution < 1.29 is 9.53 Å². The summed E-state index contributed by atoms with van der Waals surface area (Å²) in [6.07, 6.45) is 5.12. The first-order chi connectivity index (χ1) is 11.2. The molecule has 0 aliphatic heterocycles. The van der Waals surface area contributed by atoms with Gasteiger partial charge in [0.25, 0.3) is 5.91 Å². The van der Waals surface area contributed by atoms with E-state index in [1.165, 1.54) is 16.9 Å². The molecule has 1 atom stereocenters. The zero-order valence-electron chi connectivity index (χ0n) is 13.6. The van der Waals surface area contributed by atoms with E-state index in [1.54, 1.807) is 17.5 Å². The third kappa shape index (κ3) is 3.72. The maximum absolute atomic E-state index is 12.4. The van der Waals surface area contributed by atoms with Crippen LogP contribution in [0.4, 0.5) is 0 Å². The van der Waals surface area contributed by atoms with Gasteiger partial charge in [0, 0.05) is 23.2 Å². The number of pyridine rings is 1. The largest absolute Gasteiger partial charge is 0.478 e. The van der Waals surface area contributed by atoms with Crippen molar-refractivity contribution >= 4 is 17.2 Å². The average Bonchev–Trinajstić information content (AvgIpc) is 2.97. The van der Waals surface area contributed by atoms with Crippen molar-refractivity contribution in [3.8, 4) is 5.88 Å². The van der Waals surface area contributed by atoms with Crippen LogP contribution in [-0.4, -0.2) is 17.5 Å². The molecule has 2 heterocycles. The first kappa shape index (κ1) is 16.0. The molecule has 0 radical (unpaired) electrons. The Morgan fingerprint density at radius 2 is 2.39 bits per heavy atom. The van der Waals surface area contributed by atoms with Crippen LogP contribution >= 0.6 is 11.3 Å². The zero-order chi connectivity index (χ0) is 16.2. The van der Waals surface area contributed by atoms with E-state index in [4.69, 9.17) is 4.74 Å². The summed E-state index contributed by atoms with van der Waals surface area (Å²) in [4.78, 5) is 18.8. The normalized spacial score (nSPS) is 16.7. The van der Waals surface area contributed by atoms with E-state index < -0.39 is 0 Å². The molecule has 2 aromatic heterocycles. The van der Waals surface area contributed by atoms with Gasteiger partial charge in [0.2, 0.25) is 5.88 Å². The molecule has 1 amide bonds. The molecule has 0 bridgehead atoms. The van der Waals surface area contributed by atoms with Gasteiger partial charge < -0.3 is 10.1 Å². The Bertz CT molecular complexity index is 696. The third-order valence-corrected chi connectivity index (χ3v) is 5.36. The van der Waals surface area contributed by atoms with Crippen LogP contribution in [0, 0.1) is 5.92 Å². The number of hydrogen-bond donors (Lipinski definition) is 1. The van der Waals surface area contributed by atoms with Gasteiger partial charge in [0.1, 0.15) is 0 Å². The SMILES string of the molecule is CCOc1ncccc1CNC(=O)c1cc2c(s1)CCC(C)C2. The maximum Gasteiger partial charge on any atom is 0.261 e. The number of amides is 1. The standard InChI is InChI=1S/C18H22N2O2S/c1-3-22-18-13(5-4-8-19-18)11-20-17(21)16-10-14-9-12(2)6-7-15(14)23-16/h4-5,8,10,12H,3,6-7,9,11H2,1-2H3,(H,20,21). The zero-order valence-corrected chi connectivity index (χ0v) is 14.4. The van der Waals surface area contributed by atoms with Crippen molar-refractivity contribution in [3.05, 3.63) is 45.3 Å². The summed E-state index contributed by atoms with van der Waals surface area (Å²) < 4.78 is 5.49. The fraction of sp³-hybridized carbons (Fsp3) is 0.444. The number of carbonyl (C=O) groups excluding carboxylic acids is 1. The van der Waals surface area contributed by atoms with E-state index in [0.717, 1.165) is 29.2 Å². The van der Waals surface area contributed by atoms with Gasteiger partial charge in [0.15, 0.2) is 0 Å². The number of thiophene rings is 1. The number of ether oxygens (including phenoxy) is 1. The molecule has 4 nitrogen and oxygen atoms in total. The van der Waals surface area contributed by atoms with E-state index in [1.807, 2.05) is 19.1 Å². The highest BCUT2D eigenvalue weighted by atomic mass is 32.1. The van der Waals surface area contributed by atoms with E-state index in [-0.39, 0.29) is 5.91 Å². The number of hydrogen-bond acceptors (Lipinski definition) is 4. The Balaban J connectivity index is 1.66. The molecule has 2 aromatic rings. The lowest BCUT2D eigenvalue weighted by Crippen LogP contribution is -2.22. The Kier molecular flexibility index (Phi) is 4.96. The van der Waals surface area contributed by atoms with Crippen molar-refractivity contribution in [1.82, 2.24) is 10.3 Å². The number of fused-ring (bicyclic) bond motifs is 1. The second-order valence-electron chi connectivity index (χ2n) is 5.99. The second kappa shape index (κ2) is 7.13. The quantitative estimate of drug-likeness (QED) is 0.911. The summed E-state index contributed by atoms with van der Waals surface area (Å²) >= 11 is 1.64. The summed E-state index contributed by atoms with van der Waals surface area (Å²) in [7, 11) is 0. The Morgan fingerprint density at radius 3 is 3.22 bits per heavy atom. The predicted molar refractivity (Wildman–Crippen MR) is 92.1 cm³/mol. The number of aromatic nitrogens is 1.